The topological polar surface area (TPSA) is 192 Å². The fourth-order valence-electron chi connectivity index (χ4n) is 3.39. The summed E-state index contributed by atoms with van der Waals surface area (Å²) in [5, 5.41) is 35.6. The van der Waals surface area contributed by atoms with E-state index in [1.54, 1.807) is 18.3 Å². The summed E-state index contributed by atoms with van der Waals surface area (Å²) in [6.45, 7) is 0. The number of nitrogen functional groups attached to an aromatic ring is 2. The summed E-state index contributed by atoms with van der Waals surface area (Å²) < 4.78 is 0.898. The normalized spacial score (nSPS) is 14.1. The average molecular weight is 536 g/mol. The lowest BCUT2D eigenvalue weighted by Crippen LogP contribution is -2.32. The number of anilines is 3. The van der Waals surface area contributed by atoms with E-state index in [1.807, 2.05) is 30.3 Å². The molecule has 0 radical (unpaired) electrons. The molecular formula is C21H14BrN9O2S. The van der Waals surface area contributed by atoms with Crippen LogP contribution in [0.25, 0.3) is 0 Å². The van der Waals surface area contributed by atoms with Crippen LogP contribution in [0.5, 0.6) is 0 Å². The molecule has 0 spiro atoms. The molecule has 4 rings (SSSR count). The van der Waals surface area contributed by atoms with Crippen molar-refractivity contribution in [3.8, 4) is 12.3 Å². The molecule has 0 aliphatic carbocycles. The van der Waals surface area contributed by atoms with E-state index >= 15 is 0 Å². The highest BCUT2D eigenvalue weighted by molar-refractivity contribution is 9.10. The van der Waals surface area contributed by atoms with Gasteiger partial charge in [-0.2, -0.15) is 10.5 Å². The number of rotatable bonds is 4. The van der Waals surface area contributed by atoms with Gasteiger partial charge in [0.05, 0.1) is 15.5 Å². The zero-order valence-corrected chi connectivity index (χ0v) is 19.5. The van der Waals surface area contributed by atoms with E-state index in [2.05, 4.69) is 36.5 Å². The molecule has 34 heavy (non-hydrogen) atoms. The molecule has 1 aliphatic heterocycles. The Hall–Kier alpha value is -4.33. The molecule has 1 aliphatic rings. The Kier molecular flexibility index (Phi) is 6.23. The van der Waals surface area contributed by atoms with Gasteiger partial charge >= 0.3 is 0 Å². The molecule has 1 unspecified atom stereocenters. The molecule has 0 bridgehead atoms. The van der Waals surface area contributed by atoms with E-state index in [1.165, 1.54) is 17.8 Å². The third kappa shape index (κ3) is 4.30. The number of nitrogens with two attached hydrogens (primary N) is 2. The number of guanidine groups is 1. The number of nitrogens with zero attached hydrogens (tertiary/aromatic N) is 5. The Labute approximate surface area is 205 Å². The SMILES string of the molecule is N#CNC1=NC(c2ccc(Sc3ccc(Br)cc3)c([N+](=O)[O-])c2)c2c(nc(N)c(C#N)c2N)N1. The van der Waals surface area contributed by atoms with Crippen molar-refractivity contribution >= 4 is 56.7 Å². The third-order valence-corrected chi connectivity index (χ3v) is 6.50. The van der Waals surface area contributed by atoms with Crippen LogP contribution in [0.15, 0.2) is 61.7 Å². The molecular weight excluding hydrogens is 522 g/mol. The van der Waals surface area contributed by atoms with Crippen LogP contribution in [0.2, 0.25) is 0 Å². The van der Waals surface area contributed by atoms with Crippen molar-refractivity contribution in [1.82, 2.24) is 10.3 Å². The molecule has 3 aromatic rings. The van der Waals surface area contributed by atoms with Gasteiger partial charge in [-0.15, -0.1) is 0 Å². The van der Waals surface area contributed by atoms with E-state index in [-0.39, 0.29) is 34.5 Å². The quantitative estimate of drug-likeness (QED) is 0.165. The minimum atomic E-state index is -0.877. The van der Waals surface area contributed by atoms with Crippen LogP contribution in [0.4, 0.5) is 23.0 Å². The summed E-state index contributed by atoms with van der Waals surface area (Å²) in [4.78, 5) is 21.3. The van der Waals surface area contributed by atoms with Crippen LogP contribution in [-0.4, -0.2) is 15.9 Å². The highest BCUT2D eigenvalue weighted by Gasteiger charge is 2.31. The second-order valence-corrected chi connectivity index (χ2v) is 8.97. The van der Waals surface area contributed by atoms with E-state index in [9.17, 15) is 15.4 Å². The van der Waals surface area contributed by atoms with E-state index in [0.29, 0.717) is 16.0 Å². The Bertz CT molecular complexity index is 1430. The summed E-state index contributed by atoms with van der Waals surface area (Å²) in [6, 6.07) is 13.1. The molecule has 0 fully saturated rings. The van der Waals surface area contributed by atoms with Gasteiger partial charge in [0.15, 0.2) is 6.19 Å². The van der Waals surface area contributed by atoms with Crippen LogP contribution in [0.3, 0.4) is 0 Å². The molecule has 168 valence electrons. The zero-order valence-electron chi connectivity index (χ0n) is 17.1. The zero-order chi connectivity index (χ0) is 24.4. The summed E-state index contributed by atoms with van der Waals surface area (Å²) in [5.41, 5.74) is 12.7. The van der Waals surface area contributed by atoms with Gasteiger partial charge in [-0.05, 0) is 35.9 Å². The van der Waals surface area contributed by atoms with Crippen molar-refractivity contribution in [3.05, 3.63) is 73.7 Å². The first kappa shape index (κ1) is 22.8. The van der Waals surface area contributed by atoms with Crippen molar-refractivity contribution in [2.75, 3.05) is 16.8 Å². The highest BCUT2D eigenvalue weighted by atomic mass is 79.9. The Morgan fingerprint density at radius 3 is 2.59 bits per heavy atom. The molecule has 2 aromatic carbocycles. The lowest BCUT2D eigenvalue weighted by atomic mass is 9.95. The van der Waals surface area contributed by atoms with Gasteiger partial charge in [0.2, 0.25) is 5.96 Å². The molecule has 2 heterocycles. The number of nitro benzene ring substituents is 1. The molecule has 6 N–H and O–H groups in total. The largest absolute Gasteiger partial charge is 0.397 e. The maximum atomic E-state index is 11.9. The van der Waals surface area contributed by atoms with Crippen molar-refractivity contribution < 1.29 is 4.92 Å². The number of pyridine rings is 1. The Morgan fingerprint density at radius 2 is 1.94 bits per heavy atom. The monoisotopic (exact) mass is 535 g/mol. The molecule has 1 aromatic heterocycles. The molecule has 0 saturated carbocycles. The van der Waals surface area contributed by atoms with E-state index in [4.69, 9.17) is 16.7 Å². The first-order valence-corrected chi connectivity index (χ1v) is 11.1. The number of aliphatic imine (C=N–C) groups is 1. The number of hydrogen-bond acceptors (Lipinski definition) is 11. The van der Waals surface area contributed by atoms with E-state index in [0.717, 1.165) is 9.37 Å². The van der Waals surface area contributed by atoms with Gasteiger partial charge in [-0.1, -0.05) is 33.8 Å². The predicted octanol–water partition coefficient (Wildman–Crippen LogP) is 3.88. The Balaban J connectivity index is 1.84. The number of aromatic nitrogens is 1. The van der Waals surface area contributed by atoms with Crippen molar-refractivity contribution in [3.63, 3.8) is 0 Å². The fourth-order valence-corrected chi connectivity index (χ4v) is 4.55. The van der Waals surface area contributed by atoms with Gasteiger partial charge in [0, 0.05) is 21.0 Å². The van der Waals surface area contributed by atoms with Gasteiger partial charge in [-0.25, -0.2) is 9.98 Å². The number of fused-ring (bicyclic) bond motifs is 1. The first-order valence-electron chi connectivity index (χ1n) is 9.53. The first-order chi connectivity index (χ1) is 16.3. The molecule has 0 saturated heterocycles. The van der Waals surface area contributed by atoms with Crippen LogP contribution < -0.4 is 22.1 Å². The molecule has 1 atom stereocenters. The maximum absolute atomic E-state index is 11.9. The highest BCUT2D eigenvalue weighted by Crippen LogP contribution is 2.43. The molecule has 13 heteroatoms. The van der Waals surface area contributed by atoms with Gasteiger partial charge in [0.1, 0.15) is 29.3 Å². The number of nitriles is 2. The van der Waals surface area contributed by atoms with Crippen LogP contribution in [0.1, 0.15) is 22.7 Å². The minimum absolute atomic E-state index is 0.0191. The second-order valence-electron chi connectivity index (χ2n) is 6.94. The summed E-state index contributed by atoms with van der Waals surface area (Å²) in [7, 11) is 0. The predicted molar refractivity (Wildman–Crippen MR) is 131 cm³/mol. The number of hydrogen-bond donors (Lipinski definition) is 4. The second kappa shape index (κ2) is 9.27. The van der Waals surface area contributed by atoms with Gasteiger partial charge in [-0.3, -0.25) is 15.4 Å². The lowest BCUT2D eigenvalue weighted by Gasteiger charge is -2.26. The smallest absolute Gasteiger partial charge is 0.283 e. The molecule has 0 amide bonds. The maximum Gasteiger partial charge on any atom is 0.283 e. The minimum Gasteiger partial charge on any atom is -0.397 e. The number of nitro groups is 1. The van der Waals surface area contributed by atoms with Gasteiger partial charge in [0.25, 0.3) is 5.69 Å². The van der Waals surface area contributed by atoms with Crippen LogP contribution >= 0.6 is 27.7 Å². The summed E-state index contributed by atoms with van der Waals surface area (Å²) >= 11 is 4.62. The Morgan fingerprint density at radius 1 is 1.21 bits per heavy atom. The number of halogens is 1. The fraction of sp³-hybridized carbons (Fsp3) is 0.0476. The number of nitrogens with one attached hydrogen (secondary N) is 2. The third-order valence-electron chi connectivity index (χ3n) is 4.89. The van der Waals surface area contributed by atoms with Crippen molar-refractivity contribution in [1.29, 1.82) is 10.5 Å². The number of benzene rings is 2. The van der Waals surface area contributed by atoms with Gasteiger partial charge < -0.3 is 16.8 Å². The lowest BCUT2D eigenvalue weighted by molar-refractivity contribution is -0.387. The van der Waals surface area contributed by atoms with E-state index < -0.39 is 11.0 Å². The van der Waals surface area contributed by atoms with Crippen molar-refractivity contribution in [2.24, 2.45) is 4.99 Å². The summed E-state index contributed by atoms with van der Waals surface area (Å²) in [6.07, 6.45) is 1.76. The van der Waals surface area contributed by atoms with Crippen LogP contribution in [-0.2, 0) is 0 Å². The van der Waals surface area contributed by atoms with Crippen LogP contribution in [0, 0.1) is 32.9 Å². The van der Waals surface area contributed by atoms with Crippen molar-refractivity contribution in [2.45, 2.75) is 15.8 Å². The molecule has 11 nitrogen and oxygen atoms in total. The standard InChI is InChI=1S/C21H14BrN9O2S/c22-11-2-4-12(5-3-11)34-15-6-1-10(7-14(15)31(32)33)18-16-17(25)13(8-23)19(26)29-20(16)30-21(28-18)27-9-24/h1-7,18H,(H6,25,26,27,28,29,30). The average Bonchev–Trinajstić information content (AvgIpc) is 2.80. The summed E-state index contributed by atoms with van der Waals surface area (Å²) in [5.74, 6) is 0.171.